The maximum absolute atomic E-state index is 13.2. The van der Waals surface area contributed by atoms with Gasteiger partial charge >= 0.3 is 0 Å². The molecule has 1 saturated heterocycles. The number of carbonyl (C=O) groups is 1. The van der Waals surface area contributed by atoms with E-state index in [1.807, 2.05) is 47.4 Å². The van der Waals surface area contributed by atoms with Crippen molar-refractivity contribution in [2.75, 3.05) is 12.3 Å². The number of rotatable bonds is 4. The number of hydrogen-bond donors (Lipinski definition) is 0. The average Bonchev–Trinajstić information content (AvgIpc) is 3.06. The van der Waals surface area contributed by atoms with Gasteiger partial charge in [0, 0.05) is 27.9 Å². The van der Waals surface area contributed by atoms with Crippen LogP contribution in [-0.4, -0.2) is 23.1 Å². The summed E-state index contributed by atoms with van der Waals surface area (Å²) in [4.78, 5) is 15.1. The second kappa shape index (κ2) is 7.81. The summed E-state index contributed by atoms with van der Waals surface area (Å²) in [6.07, 6.45) is 0.783. The highest BCUT2D eigenvalue weighted by Crippen LogP contribution is 2.43. The zero-order valence-corrected chi connectivity index (χ0v) is 15.7. The Hall–Kier alpha value is -1.16. The van der Waals surface area contributed by atoms with Gasteiger partial charge in [0.05, 0.1) is 5.92 Å². The summed E-state index contributed by atoms with van der Waals surface area (Å²) in [5.41, 5.74) is 2.03. The first-order valence-corrected chi connectivity index (χ1v) is 9.84. The second-order valence-electron chi connectivity index (χ2n) is 5.79. The van der Waals surface area contributed by atoms with E-state index in [4.69, 9.17) is 23.2 Å². The van der Waals surface area contributed by atoms with Gasteiger partial charge < -0.3 is 4.90 Å². The van der Waals surface area contributed by atoms with Crippen LogP contribution in [0.5, 0.6) is 0 Å². The molecule has 1 heterocycles. The summed E-state index contributed by atoms with van der Waals surface area (Å²) in [5, 5.41) is 1.19. The van der Waals surface area contributed by atoms with Crippen molar-refractivity contribution in [2.24, 2.45) is 0 Å². The molecule has 1 amide bonds. The summed E-state index contributed by atoms with van der Waals surface area (Å²) in [5.74, 6) is 0.976. The smallest absolute Gasteiger partial charge is 0.231 e. The summed E-state index contributed by atoms with van der Waals surface area (Å²) in [7, 11) is 0. The minimum atomic E-state index is -0.113. The Balaban J connectivity index is 1.88. The Kier molecular flexibility index (Phi) is 5.75. The molecular formula is C19H19Cl2NOS. The molecule has 0 N–H and O–H groups in total. The minimum Gasteiger partial charge on any atom is -0.325 e. The van der Waals surface area contributed by atoms with Crippen LogP contribution in [0.15, 0.2) is 48.5 Å². The van der Waals surface area contributed by atoms with Crippen LogP contribution in [0.2, 0.25) is 10.0 Å². The molecule has 5 heteroatoms. The molecule has 0 bridgehead atoms. The second-order valence-corrected chi connectivity index (χ2v) is 7.82. The molecule has 0 unspecified atom stereocenters. The molecule has 0 aliphatic carbocycles. The Morgan fingerprint density at radius 1 is 1.25 bits per heavy atom. The number of halogens is 2. The van der Waals surface area contributed by atoms with Crippen molar-refractivity contribution in [3.8, 4) is 0 Å². The third-order valence-corrected chi connectivity index (χ3v) is 6.12. The number of amides is 1. The van der Waals surface area contributed by atoms with E-state index in [2.05, 4.69) is 6.92 Å². The predicted molar refractivity (Wildman–Crippen MR) is 103 cm³/mol. The first-order valence-electron chi connectivity index (χ1n) is 8.03. The normalized spacial score (nSPS) is 18.6. The van der Waals surface area contributed by atoms with Crippen molar-refractivity contribution in [1.29, 1.82) is 0 Å². The molecule has 2 atom stereocenters. The minimum absolute atomic E-state index is 0.0416. The number of benzene rings is 2. The van der Waals surface area contributed by atoms with Crippen molar-refractivity contribution < 1.29 is 4.79 Å². The van der Waals surface area contributed by atoms with Gasteiger partial charge in [0.2, 0.25) is 5.91 Å². The molecule has 24 heavy (non-hydrogen) atoms. The monoisotopic (exact) mass is 379 g/mol. The zero-order chi connectivity index (χ0) is 17.1. The maximum Gasteiger partial charge on any atom is 0.231 e. The fourth-order valence-corrected chi connectivity index (χ4v) is 4.97. The van der Waals surface area contributed by atoms with Gasteiger partial charge in [-0.25, -0.2) is 0 Å². The van der Waals surface area contributed by atoms with Gasteiger partial charge in [0.15, 0.2) is 0 Å². The molecule has 3 rings (SSSR count). The van der Waals surface area contributed by atoms with E-state index in [0.29, 0.717) is 10.0 Å². The summed E-state index contributed by atoms with van der Waals surface area (Å²) < 4.78 is 0. The number of hydrogen-bond acceptors (Lipinski definition) is 2. The van der Waals surface area contributed by atoms with Gasteiger partial charge in [-0.2, -0.15) is 0 Å². The third-order valence-electron chi connectivity index (χ3n) is 4.31. The molecule has 0 aromatic heterocycles. The van der Waals surface area contributed by atoms with Crippen LogP contribution in [0, 0.1) is 0 Å². The molecule has 2 aromatic carbocycles. The Morgan fingerprint density at radius 3 is 2.67 bits per heavy atom. The first-order chi connectivity index (χ1) is 11.6. The van der Waals surface area contributed by atoms with Crippen LogP contribution >= 0.6 is 35.0 Å². The molecule has 1 aliphatic rings. The van der Waals surface area contributed by atoms with E-state index in [1.54, 1.807) is 17.8 Å². The molecule has 2 aromatic rings. The van der Waals surface area contributed by atoms with Crippen LogP contribution in [0.1, 0.15) is 35.8 Å². The fraction of sp³-hybridized carbons (Fsp3) is 0.316. The number of carbonyl (C=O) groups excluding carboxylic acids is 1. The van der Waals surface area contributed by atoms with Crippen molar-refractivity contribution in [3.05, 3.63) is 69.7 Å². The highest BCUT2D eigenvalue weighted by molar-refractivity contribution is 7.99. The topological polar surface area (TPSA) is 20.3 Å². The van der Waals surface area contributed by atoms with Crippen LogP contribution < -0.4 is 0 Å². The van der Waals surface area contributed by atoms with E-state index in [-0.39, 0.29) is 17.2 Å². The molecule has 126 valence electrons. The van der Waals surface area contributed by atoms with Gasteiger partial charge in [-0.15, -0.1) is 11.8 Å². The van der Waals surface area contributed by atoms with Gasteiger partial charge in [0.1, 0.15) is 5.37 Å². The van der Waals surface area contributed by atoms with Crippen LogP contribution in [0.25, 0.3) is 0 Å². The van der Waals surface area contributed by atoms with Crippen LogP contribution in [0.3, 0.4) is 0 Å². The molecule has 0 saturated carbocycles. The van der Waals surface area contributed by atoms with Crippen molar-refractivity contribution >= 4 is 40.9 Å². The number of nitrogens with zero attached hydrogens (tertiary/aromatic N) is 1. The van der Waals surface area contributed by atoms with E-state index >= 15 is 0 Å². The SMILES string of the molecule is CC[C@@H](C(=O)N1CCS[C@@H]1c1ccc(Cl)cc1Cl)c1ccccc1. The zero-order valence-electron chi connectivity index (χ0n) is 13.4. The van der Waals surface area contributed by atoms with Gasteiger partial charge in [-0.1, -0.05) is 66.5 Å². The highest BCUT2D eigenvalue weighted by Gasteiger charge is 2.35. The molecular weight excluding hydrogens is 361 g/mol. The maximum atomic E-state index is 13.2. The quantitative estimate of drug-likeness (QED) is 0.672. The largest absolute Gasteiger partial charge is 0.325 e. The third kappa shape index (κ3) is 3.58. The van der Waals surface area contributed by atoms with Crippen molar-refractivity contribution in [2.45, 2.75) is 24.6 Å². The summed E-state index contributed by atoms with van der Waals surface area (Å²) in [6, 6.07) is 15.5. The Morgan fingerprint density at radius 2 is 2.00 bits per heavy atom. The van der Waals surface area contributed by atoms with E-state index in [0.717, 1.165) is 29.8 Å². The molecule has 0 spiro atoms. The standard InChI is InChI=1S/C19H19Cl2NOS/c1-2-15(13-6-4-3-5-7-13)18(23)22-10-11-24-19(22)16-9-8-14(20)12-17(16)21/h3-9,12,15,19H,2,10-11H2,1H3/t15-,19-/m1/s1. The van der Waals surface area contributed by atoms with Crippen molar-refractivity contribution in [3.63, 3.8) is 0 Å². The summed E-state index contributed by atoms with van der Waals surface area (Å²) >= 11 is 14.1. The molecule has 1 fully saturated rings. The lowest BCUT2D eigenvalue weighted by atomic mass is 9.95. The number of thioether (sulfide) groups is 1. The predicted octanol–water partition coefficient (Wildman–Crippen LogP) is 5.76. The Labute approximate surface area is 157 Å². The van der Waals surface area contributed by atoms with Gasteiger partial charge in [-0.05, 0) is 24.1 Å². The van der Waals surface area contributed by atoms with Gasteiger partial charge in [0.25, 0.3) is 0 Å². The molecule has 0 radical (unpaired) electrons. The van der Waals surface area contributed by atoms with E-state index in [1.165, 1.54) is 0 Å². The van der Waals surface area contributed by atoms with Crippen LogP contribution in [0.4, 0.5) is 0 Å². The average molecular weight is 380 g/mol. The summed E-state index contributed by atoms with van der Waals surface area (Å²) in [6.45, 7) is 2.81. The lowest BCUT2D eigenvalue weighted by Gasteiger charge is -2.28. The Bertz CT molecular complexity index is 723. The van der Waals surface area contributed by atoms with Crippen molar-refractivity contribution in [1.82, 2.24) is 4.90 Å². The van der Waals surface area contributed by atoms with Gasteiger partial charge in [-0.3, -0.25) is 4.79 Å². The lowest BCUT2D eigenvalue weighted by Crippen LogP contribution is -2.34. The van der Waals surface area contributed by atoms with E-state index < -0.39 is 0 Å². The fourth-order valence-electron chi connectivity index (χ4n) is 3.09. The molecule has 1 aliphatic heterocycles. The van der Waals surface area contributed by atoms with Crippen LogP contribution in [-0.2, 0) is 4.79 Å². The first kappa shape index (κ1) is 17.7. The lowest BCUT2D eigenvalue weighted by molar-refractivity contribution is -0.133. The van der Waals surface area contributed by atoms with E-state index in [9.17, 15) is 4.79 Å². The molecule has 2 nitrogen and oxygen atoms in total. The highest BCUT2D eigenvalue weighted by atomic mass is 35.5.